The molecule has 0 unspecified atom stereocenters. The van der Waals surface area contributed by atoms with Gasteiger partial charge in [0, 0.05) is 54.6 Å². The van der Waals surface area contributed by atoms with Gasteiger partial charge in [0.15, 0.2) is 0 Å². The molecule has 0 amide bonds. The molecule has 0 radical (unpaired) electrons. The molecule has 0 spiro atoms. The molecule has 2 aromatic rings. The molecular formula is C26H36N6O. The molecule has 1 aromatic heterocycles. The van der Waals surface area contributed by atoms with Crippen LogP contribution in [0.1, 0.15) is 65.9 Å². The van der Waals surface area contributed by atoms with E-state index in [9.17, 15) is 5.11 Å². The standard InChI is InChI=1S/C26H36N6O/c1-7-18-13-22(21-10-9-19(15-23(21)33)32-12-8-11-27-32)28-29-24(14-18)31(6)20-16-25(2,3)30-26(4,5)17-20/h8-13,15,20,30,33H,7,14,16-17H2,1-6H3. The highest BCUT2D eigenvalue weighted by molar-refractivity contribution is 6.12. The lowest BCUT2D eigenvalue weighted by Gasteiger charge is -2.49. The minimum atomic E-state index is 0.0614. The summed E-state index contributed by atoms with van der Waals surface area (Å²) in [5.74, 6) is 1.14. The predicted molar refractivity (Wildman–Crippen MR) is 134 cm³/mol. The van der Waals surface area contributed by atoms with Crippen LogP contribution in [-0.2, 0) is 0 Å². The Morgan fingerprint density at radius 3 is 2.48 bits per heavy atom. The van der Waals surface area contributed by atoms with Gasteiger partial charge >= 0.3 is 0 Å². The van der Waals surface area contributed by atoms with Crippen LogP contribution in [0.3, 0.4) is 0 Å². The maximum atomic E-state index is 10.8. The number of nitrogens with one attached hydrogen (secondary N) is 1. The van der Waals surface area contributed by atoms with Gasteiger partial charge in [-0.25, -0.2) is 4.68 Å². The molecule has 176 valence electrons. The van der Waals surface area contributed by atoms with Crippen LogP contribution in [0.5, 0.6) is 5.75 Å². The van der Waals surface area contributed by atoms with Gasteiger partial charge in [-0.1, -0.05) is 12.5 Å². The first-order chi connectivity index (χ1) is 15.6. The van der Waals surface area contributed by atoms with E-state index in [1.807, 2.05) is 24.4 Å². The maximum absolute atomic E-state index is 10.8. The predicted octanol–water partition coefficient (Wildman–Crippen LogP) is 4.66. The van der Waals surface area contributed by atoms with Gasteiger partial charge in [-0.05, 0) is 71.2 Å². The van der Waals surface area contributed by atoms with E-state index >= 15 is 0 Å². The first kappa shape index (κ1) is 23.2. The minimum Gasteiger partial charge on any atom is -0.507 e. The fourth-order valence-electron chi connectivity index (χ4n) is 5.23. The second-order valence-electron chi connectivity index (χ2n) is 10.6. The van der Waals surface area contributed by atoms with Crippen LogP contribution in [0, 0.1) is 0 Å². The lowest BCUT2D eigenvalue weighted by molar-refractivity contribution is 0.113. The first-order valence-electron chi connectivity index (χ1n) is 11.8. The molecule has 1 saturated heterocycles. The van der Waals surface area contributed by atoms with Crippen molar-refractivity contribution >= 4 is 11.5 Å². The molecule has 3 heterocycles. The van der Waals surface area contributed by atoms with Crippen molar-refractivity contribution in [1.29, 1.82) is 0 Å². The second kappa shape index (κ2) is 8.78. The van der Waals surface area contributed by atoms with E-state index in [0.29, 0.717) is 17.3 Å². The van der Waals surface area contributed by atoms with Gasteiger partial charge in [0.1, 0.15) is 11.6 Å². The molecule has 1 fully saturated rings. The quantitative estimate of drug-likeness (QED) is 0.713. The van der Waals surface area contributed by atoms with Crippen molar-refractivity contribution in [2.45, 2.75) is 77.4 Å². The molecule has 0 atom stereocenters. The van der Waals surface area contributed by atoms with Gasteiger partial charge in [-0.2, -0.15) is 5.10 Å². The van der Waals surface area contributed by atoms with Crippen LogP contribution in [0.2, 0.25) is 0 Å². The van der Waals surface area contributed by atoms with E-state index in [-0.39, 0.29) is 16.8 Å². The van der Waals surface area contributed by atoms with Gasteiger partial charge in [0.25, 0.3) is 0 Å². The molecule has 0 bridgehead atoms. The third-order valence-corrected chi connectivity index (χ3v) is 6.60. The number of nitrogens with zero attached hydrogens (tertiary/aromatic N) is 5. The number of rotatable bonds is 4. The van der Waals surface area contributed by atoms with E-state index in [2.05, 4.69) is 68.2 Å². The van der Waals surface area contributed by atoms with Crippen LogP contribution in [0.4, 0.5) is 0 Å². The molecule has 7 heteroatoms. The Balaban J connectivity index is 1.64. The zero-order valence-corrected chi connectivity index (χ0v) is 20.6. The smallest absolute Gasteiger partial charge is 0.131 e. The van der Waals surface area contributed by atoms with Crippen molar-refractivity contribution < 1.29 is 5.11 Å². The highest BCUT2D eigenvalue weighted by Gasteiger charge is 2.40. The average Bonchev–Trinajstić information content (AvgIpc) is 3.18. The molecule has 4 rings (SSSR count). The van der Waals surface area contributed by atoms with Crippen LogP contribution in [-0.4, -0.2) is 55.5 Å². The van der Waals surface area contributed by atoms with E-state index in [0.717, 1.165) is 37.2 Å². The Kier molecular flexibility index (Phi) is 6.18. The monoisotopic (exact) mass is 448 g/mol. The number of hydrogen-bond acceptors (Lipinski definition) is 6. The number of phenols is 1. The van der Waals surface area contributed by atoms with Crippen LogP contribution >= 0.6 is 0 Å². The van der Waals surface area contributed by atoms with Crippen molar-refractivity contribution in [3.8, 4) is 11.4 Å². The highest BCUT2D eigenvalue weighted by atomic mass is 16.3. The van der Waals surface area contributed by atoms with Gasteiger partial charge in [-0.15, -0.1) is 10.2 Å². The Bertz CT molecular complexity index is 1080. The topological polar surface area (TPSA) is 78.0 Å². The molecule has 2 N–H and O–H groups in total. The molecule has 33 heavy (non-hydrogen) atoms. The molecule has 0 saturated carbocycles. The zero-order chi connectivity index (χ0) is 23.8. The Morgan fingerprint density at radius 1 is 1.15 bits per heavy atom. The average molecular weight is 449 g/mol. The molecule has 2 aliphatic rings. The summed E-state index contributed by atoms with van der Waals surface area (Å²) in [4.78, 5) is 2.32. The number of aromatic hydroxyl groups is 1. The van der Waals surface area contributed by atoms with Crippen LogP contribution in [0.15, 0.2) is 58.5 Å². The van der Waals surface area contributed by atoms with Crippen molar-refractivity contribution in [3.63, 3.8) is 0 Å². The van der Waals surface area contributed by atoms with Crippen molar-refractivity contribution in [2.75, 3.05) is 7.05 Å². The number of hydrogen-bond donors (Lipinski definition) is 2. The minimum absolute atomic E-state index is 0.0614. The van der Waals surface area contributed by atoms with Crippen LogP contribution < -0.4 is 5.32 Å². The summed E-state index contributed by atoms with van der Waals surface area (Å²) >= 11 is 0. The molecule has 2 aliphatic heterocycles. The third kappa shape index (κ3) is 5.19. The first-order valence-corrected chi connectivity index (χ1v) is 11.8. The zero-order valence-electron chi connectivity index (χ0n) is 20.6. The van der Waals surface area contributed by atoms with Crippen molar-refractivity contribution in [2.24, 2.45) is 10.2 Å². The summed E-state index contributed by atoms with van der Waals surface area (Å²) in [5.41, 5.74) is 3.53. The molecule has 1 aromatic carbocycles. The Hall–Kier alpha value is -2.93. The lowest BCUT2D eigenvalue weighted by Crippen LogP contribution is -2.62. The fourth-order valence-corrected chi connectivity index (χ4v) is 5.23. The number of allylic oxidation sites excluding steroid dienone is 1. The maximum Gasteiger partial charge on any atom is 0.131 e. The van der Waals surface area contributed by atoms with Gasteiger partial charge in [0.05, 0.1) is 11.4 Å². The SMILES string of the molecule is CCC1=CC(c2ccc(-n3cccn3)cc2O)=NN=C(N(C)C2CC(C)(C)NC(C)(C)C2)C1. The summed E-state index contributed by atoms with van der Waals surface area (Å²) in [6.07, 6.45) is 9.39. The second-order valence-corrected chi connectivity index (χ2v) is 10.6. The summed E-state index contributed by atoms with van der Waals surface area (Å²) in [6.45, 7) is 11.2. The van der Waals surface area contributed by atoms with Gasteiger partial charge in [-0.3, -0.25) is 0 Å². The number of amidine groups is 1. The third-order valence-electron chi connectivity index (χ3n) is 6.60. The summed E-state index contributed by atoms with van der Waals surface area (Å²) in [6, 6.07) is 7.77. The van der Waals surface area contributed by atoms with Gasteiger partial charge in [0.2, 0.25) is 0 Å². The highest BCUT2D eigenvalue weighted by Crippen LogP contribution is 2.32. The van der Waals surface area contributed by atoms with Crippen LogP contribution in [0.25, 0.3) is 5.69 Å². The summed E-state index contributed by atoms with van der Waals surface area (Å²) in [5, 5.41) is 28.1. The Morgan fingerprint density at radius 2 is 1.88 bits per heavy atom. The van der Waals surface area contributed by atoms with E-state index in [4.69, 9.17) is 5.10 Å². The Labute approximate surface area is 196 Å². The molecule has 0 aliphatic carbocycles. The van der Waals surface area contributed by atoms with E-state index in [1.54, 1.807) is 16.9 Å². The molecular weight excluding hydrogens is 412 g/mol. The summed E-state index contributed by atoms with van der Waals surface area (Å²) in [7, 11) is 2.14. The van der Waals surface area contributed by atoms with Gasteiger partial charge < -0.3 is 15.3 Å². The van der Waals surface area contributed by atoms with E-state index < -0.39 is 0 Å². The lowest BCUT2D eigenvalue weighted by atomic mass is 9.79. The van der Waals surface area contributed by atoms with Crippen molar-refractivity contribution in [1.82, 2.24) is 20.0 Å². The van der Waals surface area contributed by atoms with Crippen molar-refractivity contribution in [3.05, 3.63) is 53.9 Å². The normalized spacial score (nSPS) is 20.5. The number of aromatic nitrogens is 2. The number of piperidine rings is 1. The summed E-state index contributed by atoms with van der Waals surface area (Å²) < 4.78 is 1.72. The fraction of sp³-hybridized carbons (Fsp3) is 0.500. The van der Waals surface area contributed by atoms with E-state index in [1.165, 1.54) is 5.57 Å². The largest absolute Gasteiger partial charge is 0.507 e. The number of phenolic OH excluding ortho intramolecular Hbond substituents is 1. The molecule has 7 nitrogen and oxygen atoms in total. The number of benzene rings is 1.